The smallest absolute Gasteiger partial charge is 0.320 e. The van der Waals surface area contributed by atoms with Crippen LogP contribution >= 0.6 is 0 Å². The normalized spacial score (nSPS) is 18.5. The van der Waals surface area contributed by atoms with Crippen molar-refractivity contribution >= 4 is 12.0 Å². The maximum Gasteiger partial charge on any atom is 0.320 e. The van der Waals surface area contributed by atoms with Gasteiger partial charge in [0, 0.05) is 25.2 Å². The van der Waals surface area contributed by atoms with Gasteiger partial charge in [-0.2, -0.15) is 0 Å². The average Bonchev–Trinajstić information content (AvgIpc) is 2.56. The molecule has 0 unspecified atom stereocenters. The zero-order chi connectivity index (χ0) is 14.8. The van der Waals surface area contributed by atoms with Crippen LogP contribution in [0.25, 0.3) is 0 Å². The minimum absolute atomic E-state index is 0.0136. The number of carboxylic acids is 1. The molecule has 1 saturated heterocycles. The van der Waals surface area contributed by atoms with Crippen LogP contribution in [-0.4, -0.2) is 52.1 Å². The van der Waals surface area contributed by atoms with Gasteiger partial charge in [0.2, 0.25) is 0 Å². The van der Waals surface area contributed by atoms with Gasteiger partial charge in [-0.15, -0.1) is 0 Å². The molecule has 0 atom stereocenters. The van der Waals surface area contributed by atoms with Gasteiger partial charge in [-0.05, 0) is 32.6 Å². The second-order valence-electron chi connectivity index (χ2n) is 7.08. The lowest BCUT2D eigenvalue weighted by Gasteiger charge is -2.38. The van der Waals surface area contributed by atoms with E-state index in [2.05, 4.69) is 13.8 Å². The van der Waals surface area contributed by atoms with Crippen molar-refractivity contribution in [2.75, 3.05) is 19.6 Å². The van der Waals surface area contributed by atoms with Crippen molar-refractivity contribution in [2.45, 2.75) is 53.0 Å². The van der Waals surface area contributed by atoms with Crippen LogP contribution < -0.4 is 0 Å². The summed E-state index contributed by atoms with van der Waals surface area (Å²) in [5.74, 6) is -0.871. The fourth-order valence-corrected chi connectivity index (χ4v) is 2.37. The first kappa shape index (κ1) is 15.8. The number of likely N-dealkylation sites (tertiary alicyclic amines) is 1. The molecule has 0 radical (unpaired) electrons. The molecular weight excluding hydrogens is 244 g/mol. The Morgan fingerprint density at radius 3 is 2.26 bits per heavy atom. The molecule has 0 aliphatic carbocycles. The van der Waals surface area contributed by atoms with Crippen molar-refractivity contribution in [3.63, 3.8) is 0 Å². The lowest BCUT2D eigenvalue weighted by atomic mass is 9.93. The summed E-state index contributed by atoms with van der Waals surface area (Å²) < 4.78 is 0. The molecule has 1 rings (SSSR count). The third kappa shape index (κ3) is 4.40. The van der Waals surface area contributed by atoms with E-state index in [9.17, 15) is 9.59 Å². The number of amides is 2. The van der Waals surface area contributed by atoms with E-state index in [4.69, 9.17) is 5.11 Å². The molecule has 1 N–H and O–H groups in total. The van der Waals surface area contributed by atoms with Gasteiger partial charge < -0.3 is 14.9 Å². The quantitative estimate of drug-likeness (QED) is 0.856. The van der Waals surface area contributed by atoms with Crippen LogP contribution in [0.1, 0.15) is 47.5 Å². The highest BCUT2D eigenvalue weighted by molar-refractivity contribution is 5.76. The van der Waals surface area contributed by atoms with E-state index in [0.29, 0.717) is 0 Å². The molecule has 1 aliphatic heterocycles. The van der Waals surface area contributed by atoms with Crippen LogP contribution in [0.15, 0.2) is 0 Å². The van der Waals surface area contributed by atoms with Crippen molar-refractivity contribution in [3.05, 3.63) is 0 Å². The molecule has 0 aromatic carbocycles. The van der Waals surface area contributed by atoms with Crippen molar-refractivity contribution in [1.82, 2.24) is 9.80 Å². The van der Waals surface area contributed by atoms with Gasteiger partial charge in [0.25, 0.3) is 0 Å². The summed E-state index contributed by atoms with van der Waals surface area (Å²) in [5, 5.41) is 8.81. The van der Waals surface area contributed by atoms with E-state index < -0.39 is 5.97 Å². The van der Waals surface area contributed by atoms with Crippen LogP contribution in [0.4, 0.5) is 4.79 Å². The van der Waals surface area contributed by atoms with Gasteiger partial charge in [-0.1, -0.05) is 13.8 Å². The summed E-state index contributed by atoms with van der Waals surface area (Å²) in [7, 11) is 0. The first-order valence-corrected chi connectivity index (χ1v) is 6.81. The predicted octanol–water partition coefficient (Wildman–Crippen LogP) is 2.41. The molecule has 0 aromatic rings. The molecule has 5 heteroatoms. The highest BCUT2D eigenvalue weighted by atomic mass is 16.4. The molecular formula is C14H26N2O3. The number of carbonyl (C=O) groups is 2. The standard InChI is InChI=1S/C14H26N2O3/c1-13(2,3)16(8-6-11(17)18)12(19)15-9-7-14(4,5)10-15/h6-10H2,1-5H3,(H,17,18). The highest BCUT2D eigenvalue weighted by Gasteiger charge is 2.37. The summed E-state index contributed by atoms with van der Waals surface area (Å²) >= 11 is 0. The molecule has 1 heterocycles. The molecule has 0 spiro atoms. The van der Waals surface area contributed by atoms with Gasteiger partial charge in [-0.3, -0.25) is 4.79 Å². The first-order valence-electron chi connectivity index (χ1n) is 6.81. The number of hydrogen-bond acceptors (Lipinski definition) is 2. The number of carboxylic acid groups (broad SMARTS) is 1. The monoisotopic (exact) mass is 270 g/mol. The Kier molecular flexibility index (Phi) is 4.48. The summed E-state index contributed by atoms with van der Waals surface area (Å²) in [6.45, 7) is 11.9. The molecule has 5 nitrogen and oxygen atoms in total. The van der Waals surface area contributed by atoms with Crippen molar-refractivity contribution in [3.8, 4) is 0 Å². The predicted molar refractivity (Wildman–Crippen MR) is 74.1 cm³/mol. The second kappa shape index (κ2) is 5.39. The lowest BCUT2D eigenvalue weighted by molar-refractivity contribution is -0.137. The Morgan fingerprint density at radius 2 is 1.89 bits per heavy atom. The fourth-order valence-electron chi connectivity index (χ4n) is 2.37. The van der Waals surface area contributed by atoms with Gasteiger partial charge >= 0.3 is 12.0 Å². The van der Waals surface area contributed by atoms with Gasteiger partial charge in [-0.25, -0.2) is 4.79 Å². The van der Waals surface area contributed by atoms with Crippen LogP contribution in [0.2, 0.25) is 0 Å². The molecule has 1 aliphatic rings. The molecule has 2 amide bonds. The zero-order valence-electron chi connectivity index (χ0n) is 12.7. The van der Waals surface area contributed by atoms with E-state index in [1.54, 1.807) is 4.90 Å². The van der Waals surface area contributed by atoms with E-state index >= 15 is 0 Å². The number of urea groups is 1. The van der Waals surface area contributed by atoms with Crippen molar-refractivity contribution < 1.29 is 14.7 Å². The fraction of sp³-hybridized carbons (Fsp3) is 0.857. The maximum atomic E-state index is 12.6. The minimum atomic E-state index is -0.871. The van der Waals surface area contributed by atoms with Gasteiger partial charge in [0.05, 0.1) is 6.42 Å². The third-order valence-corrected chi connectivity index (χ3v) is 3.54. The Labute approximate surface area is 115 Å². The topological polar surface area (TPSA) is 60.9 Å². The van der Waals surface area contributed by atoms with Crippen molar-refractivity contribution in [2.24, 2.45) is 5.41 Å². The number of aliphatic carboxylic acids is 1. The summed E-state index contributed by atoms with van der Waals surface area (Å²) in [4.78, 5) is 26.8. The molecule has 0 aromatic heterocycles. The third-order valence-electron chi connectivity index (χ3n) is 3.54. The first-order chi connectivity index (χ1) is 8.53. The Bertz CT molecular complexity index is 358. The van der Waals surface area contributed by atoms with E-state index in [1.165, 1.54) is 0 Å². The minimum Gasteiger partial charge on any atom is -0.481 e. The van der Waals surface area contributed by atoms with Gasteiger partial charge in [0.15, 0.2) is 0 Å². The van der Waals surface area contributed by atoms with E-state index in [-0.39, 0.29) is 30.0 Å². The maximum absolute atomic E-state index is 12.6. The van der Waals surface area contributed by atoms with Crippen LogP contribution in [0, 0.1) is 5.41 Å². The number of rotatable bonds is 3. The zero-order valence-corrected chi connectivity index (χ0v) is 12.7. The molecule has 19 heavy (non-hydrogen) atoms. The number of hydrogen-bond donors (Lipinski definition) is 1. The second-order valence-corrected chi connectivity index (χ2v) is 7.08. The lowest BCUT2D eigenvalue weighted by Crippen LogP contribution is -2.52. The highest BCUT2D eigenvalue weighted by Crippen LogP contribution is 2.30. The largest absolute Gasteiger partial charge is 0.481 e. The van der Waals surface area contributed by atoms with Gasteiger partial charge in [0.1, 0.15) is 0 Å². The summed E-state index contributed by atoms with van der Waals surface area (Å²) in [6, 6.07) is -0.0423. The van der Waals surface area contributed by atoms with Crippen LogP contribution in [-0.2, 0) is 4.79 Å². The van der Waals surface area contributed by atoms with E-state index in [1.807, 2.05) is 25.7 Å². The van der Waals surface area contributed by atoms with Crippen LogP contribution in [0.5, 0.6) is 0 Å². The average molecular weight is 270 g/mol. The molecule has 1 fully saturated rings. The van der Waals surface area contributed by atoms with Crippen LogP contribution in [0.3, 0.4) is 0 Å². The SMILES string of the molecule is CC1(C)CCN(C(=O)N(CCC(=O)O)C(C)(C)C)C1. The van der Waals surface area contributed by atoms with Crippen molar-refractivity contribution in [1.29, 1.82) is 0 Å². The number of nitrogens with zero attached hydrogens (tertiary/aromatic N) is 2. The summed E-state index contributed by atoms with van der Waals surface area (Å²) in [6.07, 6.45) is 0.982. The van der Waals surface area contributed by atoms with E-state index in [0.717, 1.165) is 19.5 Å². The Balaban J connectivity index is 2.75. The number of carbonyl (C=O) groups excluding carboxylic acids is 1. The molecule has 110 valence electrons. The molecule has 0 saturated carbocycles. The Morgan fingerprint density at radius 1 is 1.32 bits per heavy atom. The molecule has 0 bridgehead atoms. The Hall–Kier alpha value is -1.26. The summed E-state index contributed by atoms with van der Waals surface area (Å²) in [5.41, 5.74) is -0.203.